The largest absolute Gasteiger partial charge is 0.484 e. The molecule has 2 unspecified atom stereocenters. The predicted octanol–water partition coefficient (Wildman–Crippen LogP) is 1.80. The summed E-state index contributed by atoms with van der Waals surface area (Å²) in [5, 5.41) is 19.5. The van der Waals surface area contributed by atoms with E-state index in [9.17, 15) is 19.4 Å². The van der Waals surface area contributed by atoms with Crippen molar-refractivity contribution < 1.29 is 33.4 Å². The minimum Gasteiger partial charge on any atom is -0.484 e. The maximum absolute atomic E-state index is 12.1. The van der Waals surface area contributed by atoms with E-state index >= 15 is 0 Å². The van der Waals surface area contributed by atoms with Gasteiger partial charge in [-0.3, -0.25) is 9.36 Å². The number of ether oxygens (including phenoxy) is 2. The Morgan fingerprint density at radius 2 is 1.94 bits per heavy atom. The number of carbonyl (C=O) groups is 1. The van der Waals surface area contributed by atoms with E-state index in [2.05, 4.69) is 16.0 Å². The van der Waals surface area contributed by atoms with Gasteiger partial charge in [0.25, 0.3) is 0 Å². The average Bonchev–Trinajstić information content (AvgIpc) is 3.27. The van der Waals surface area contributed by atoms with E-state index in [4.69, 9.17) is 14.0 Å². The maximum Gasteiger partial charge on any atom is 0.365 e. The molecule has 0 saturated heterocycles. The van der Waals surface area contributed by atoms with Gasteiger partial charge in [-0.1, -0.05) is 18.2 Å². The van der Waals surface area contributed by atoms with Gasteiger partial charge in [0.05, 0.1) is 31.6 Å². The topological polar surface area (TPSA) is 138 Å². The third kappa shape index (κ3) is 8.97. The van der Waals surface area contributed by atoms with Gasteiger partial charge in [-0.05, 0) is 43.2 Å². The summed E-state index contributed by atoms with van der Waals surface area (Å²) in [7, 11) is -3.75. The molecule has 0 saturated carbocycles. The van der Waals surface area contributed by atoms with Gasteiger partial charge >= 0.3 is 7.60 Å². The number of carbonyl (C=O) groups excluding carboxylic acids is 1. The Balaban J connectivity index is 0.00000408. The summed E-state index contributed by atoms with van der Waals surface area (Å²) in [6, 6.07) is 12.5. The van der Waals surface area contributed by atoms with E-state index in [0.717, 1.165) is 16.9 Å². The first kappa shape index (κ1) is 28.2. The second kappa shape index (κ2) is 13.8. The van der Waals surface area contributed by atoms with Crippen molar-refractivity contribution in [1.82, 2.24) is 5.32 Å². The SMILES string of the molecule is CCOP(=O)(O)COc1ccc(CC(O)CNCC(=O)COc2cccc3c2NCN3)cc1.[Li]. The van der Waals surface area contributed by atoms with Crippen LogP contribution in [0.4, 0.5) is 11.4 Å². The van der Waals surface area contributed by atoms with Crippen LogP contribution in [0.3, 0.4) is 0 Å². The molecule has 10 nitrogen and oxygen atoms in total. The van der Waals surface area contributed by atoms with Gasteiger partial charge in [0.2, 0.25) is 0 Å². The van der Waals surface area contributed by atoms with E-state index < -0.39 is 20.0 Å². The molecular formula is C22H30LiN3O7P. The van der Waals surface area contributed by atoms with Crippen LogP contribution in [0, 0.1) is 0 Å². The van der Waals surface area contributed by atoms with Gasteiger partial charge in [-0.15, -0.1) is 0 Å². The Morgan fingerprint density at radius 1 is 1.18 bits per heavy atom. The summed E-state index contributed by atoms with van der Waals surface area (Å²) in [4.78, 5) is 21.6. The zero-order valence-corrected chi connectivity index (χ0v) is 20.3. The third-order valence-corrected chi connectivity index (χ3v) is 5.90. The van der Waals surface area contributed by atoms with Crippen LogP contribution in [-0.4, -0.2) is 80.1 Å². The van der Waals surface area contributed by atoms with Crippen LogP contribution in [0.25, 0.3) is 0 Å². The summed E-state index contributed by atoms with van der Waals surface area (Å²) in [6.07, 6.45) is -0.733. The monoisotopic (exact) mass is 486 g/mol. The molecule has 3 rings (SSSR count). The quantitative estimate of drug-likeness (QED) is 0.198. The molecule has 1 aliphatic rings. The molecule has 1 heterocycles. The summed E-state index contributed by atoms with van der Waals surface area (Å²) < 4.78 is 27.3. The third-order valence-electron chi connectivity index (χ3n) is 4.78. The number of hydrogen-bond acceptors (Lipinski definition) is 9. The molecule has 0 aromatic heterocycles. The van der Waals surface area contributed by atoms with Crippen molar-refractivity contribution >= 4 is 43.6 Å². The average molecular weight is 486 g/mol. The van der Waals surface area contributed by atoms with Gasteiger partial charge < -0.3 is 39.9 Å². The van der Waals surface area contributed by atoms with Gasteiger partial charge in [0.1, 0.15) is 23.8 Å². The van der Waals surface area contributed by atoms with Crippen molar-refractivity contribution in [1.29, 1.82) is 0 Å². The second-order valence-corrected chi connectivity index (χ2v) is 9.29. The number of para-hydroxylation sites is 1. The summed E-state index contributed by atoms with van der Waals surface area (Å²) in [6.45, 7) is 2.66. The van der Waals surface area contributed by atoms with Crippen LogP contribution in [-0.2, 0) is 20.3 Å². The van der Waals surface area contributed by atoms with E-state index in [1.165, 1.54) is 0 Å². The van der Waals surface area contributed by atoms with Crippen molar-refractivity contribution in [3.05, 3.63) is 48.0 Å². The maximum atomic E-state index is 12.1. The first-order valence-electron chi connectivity index (χ1n) is 10.7. The summed E-state index contributed by atoms with van der Waals surface area (Å²) in [5.74, 6) is 0.930. The first-order valence-corrected chi connectivity index (χ1v) is 12.4. The minimum absolute atomic E-state index is 0. The normalized spacial score (nSPS) is 14.6. The van der Waals surface area contributed by atoms with Crippen LogP contribution in [0.1, 0.15) is 12.5 Å². The van der Waals surface area contributed by atoms with E-state index in [0.29, 0.717) is 24.6 Å². The van der Waals surface area contributed by atoms with Crippen molar-refractivity contribution in [2.24, 2.45) is 0 Å². The zero-order valence-electron chi connectivity index (χ0n) is 19.5. The van der Waals surface area contributed by atoms with E-state index in [-0.39, 0.29) is 50.9 Å². The van der Waals surface area contributed by atoms with Crippen molar-refractivity contribution in [2.45, 2.75) is 19.4 Å². The Hall–Kier alpha value is -2.02. The smallest absolute Gasteiger partial charge is 0.365 e. The van der Waals surface area contributed by atoms with Gasteiger partial charge in [-0.2, -0.15) is 0 Å². The Kier molecular flexibility index (Phi) is 11.4. The van der Waals surface area contributed by atoms with Crippen LogP contribution in [0.15, 0.2) is 42.5 Å². The number of hydrogen-bond donors (Lipinski definition) is 5. The second-order valence-electron chi connectivity index (χ2n) is 7.50. The van der Waals surface area contributed by atoms with Crippen molar-refractivity contribution in [2.75, 3.05) is 50.0 Å². The number of benzene rings is 2. The summed E-state index contributed by atoms with van der Waals surface area (Å²) in [5.41, 5.74) is 2.66. The van der Waals surface area contributed by atoms with Crippen LogP contribution in [0.5, 0.6) is 11.5 Å². The Morgan fingerprint density at radius 3 is 2.68 bits per heavy atom. The number of fused-ring (bicyclic) bond motifs is 1. The Labute approximate surface area is 211 Å². The molecule has 5 N–H and O–H groups in total. The van der Waals surface area contributed by atoms with E-state index in [1.807, 2.05) is 12.1 Å². The summed E-state index contributed by atoms with van der Waals surface area (Å²) >= 11 is 0. The number of ketones is 1. The number of aliphatic hydroxyl groups is 1. The molecule has 0 amide bonds. The fourth-order valence-corrected chi connectivity index (χ4v) is 4.05. The van der Waals surface area contributed by atoms with Gasteiger partial charge in [-0.25, -0.2) is 0 Å². The molecule has 0 bridgehead atoms. The molecule has 181 valence electrons. The standard InChI is InChI=1S/C22H30N3O7P.Li/c1-2-32-33(28,29)15-31-19-8-6-16(7-9-19)10-17(26)11-23-12-18(27)13-30-21-5-3-4-20-22(21)25-14-24-20;/h3-9,17,23-26H,2,10-15H2,1H3,(H,28,29);. The molecule has 1 radical (unpaired) electrons. The molecular weight excluding hydrogens is 456 g/mol. The fourth-order valence-electron chi connectivity index (χ4n) is 3.26. The number of Topliss-reactive ketones (excluding diaryl/α,β-unsaturated/α-hetero) is 1. The number of anilines is 2. The van der Waals surface area contributed by atoms with Gasteiger partial charge in [0, 0.05) is 25.4 Å². The zero-order chi connectivity index (χ0) is 23.7. The molecule has 2 aromatic rings. The molecule has 0 spiro atoms. The van der Waals surface area contributed by atoms with Crippen LogP contribution >= 0.6 is 7.60 Å². The Bertz CT molecular complexity index is 977. The van der Waals surface area contributed by atoms with Gasteiger partial charge in [0.15, 0.2) is 12.1 Å². The fraction of sp³-hybridized carbons (Fsp3) is 0.409. The molecule has 34 heavy (non-hydrogen) atoms. The predicted molar refractivity (Wildman–Crippen MR) is 131 cm³/mol. The number of rotatable bonds is 14. The number of nitrogens with one attached hydrogen (secondary N) is 3. The van der Waals surface area contributed by atoms with Crippen LogP contribution < -0.4 is 25.4 Å². The molecule has 0 aliphatic carbocycles. The molecule has 12 heteroatoms. The first-order chi connectivity index (χ1) is 15.9. The molecule has 1 aliphatic heterocycles. The number of aliphatic hydroxyl groups excluding tert-OH is 1. The molecule has 2 aromatic carbocycles. The molecule has 2 atom stereocenters. The van der Waals surface area contributed by atoms with Crippen molar-refractivity contribution in [3.8, 4) is 11.5 Å². The molecule has 0 fully saturated rings. The van der Waals surface area contributed by atoms with Crippen molar-refractivity contribution in [3.63, 3.8) is 0 Å². The van der Waals surface area contributed by atoms with Crippen LogP contribution in [0.2, 0.25) is 0 Å². The minimum atomic E-state index is -3.75. The van der Waals surface area contributed by atoms with E-state index in [1.54, 1.807) is 37.3 Å².